The SMILES string of the molecule is COc1ccc(OCCN(C)C(=O)Cc2cccc3cccnc23)cc1. The van der Waals surface area contributed by atoms with Crippen molar-refractivity contribution in [3.63, 3.8) is 0 Å². The minimum atomic E-state index is 0.0430. The van der Waals surface area contributed by atoms with Gasteiger partial charge in [-0.05, 0) is 35.9 Å². The van der Waals surface area contributed by atoms with Gasteiger partial charge in [-0.25, -0.2) is 0 Å². The minimum absolute atomic E-state index is 0.0430. The lowest BCUT2D eigenvalue weighted by Crippen LogP contribution is -2.32. The molecular formula is C21H22N2O3. The van der Waals surface area contributed by atoms with E-state index in [9.17, 15) is 4.79 Å². The maximum Gasteiger partial charge on any atom is 0.226 e. The van der Waals surface area contributed by atoms with Crippen LogP contribution in [-0.2, 0) is 11.2 Å². The van der Waals surface area contributed by atoms with Crippen molar-refractivity contribution in [2.24, 2.45) is 0 Å². The normalized spacial score (nSPS) is 10.5. The summed E-state index contributed by atoms with van der Waals surface area (Å²) in [5.74, 6) is 1.58. The second-order valence-electron chi connectivity index (χ2n) is 6.01. The van der Waals surface area contributed by atoms with Gasteiger partial charge in [-0.3, -0.25) is 9.78 Å². The molecule has 5 nitrogen and oxygen atoms in total. The number of nitrogens with zero attached hydrogens (tertiary/aromatic N) is 2. The van der Waals surface area contributed by atoms with Crippen LogP contribution in [0.4, 0.5) is 0 Å². The maximum absolute atomic E-state index is 12.5. The Kier molecular flexibility index (Phi) is 5.69. The van der Waals surface area contributed by atoms with Crippen molar-refractivity contribution in [3.8, 4) is 11.5 Å². The lowest BCUT2D eigenvalue weighted by molar-refractivity contribution is -0.129. The third-order valence-electron chi connectivity index (χ3n) is 4.24. The monoisotopic (exact) mass is 350 g/mol. The third-order valence-corrected chi connectivity index (χ3v) is 4.24. The number of aromatic nitrogens is 1. The number of hydrogen-bond donors (Lipinski definition) is 0. The topological polar surface area (TPSA) is 51.7 Å². The quantitative estimate of drug-likeness (QED) is 0.656. The third kappa shape index (κ3) is 4.30. The molecule has 5 heteroatoms. The van der Waals surface area contributed by atoms with Crippen LogP contribution in [0.1, 0.15) is 5.56 Å². The summed E-state index contributed by atoms with van der Waals surface area (Å²) in [4.78, 5) is 18.6. The number of rotatable bonds is 7. The van der Waals surface area contributed by atoms with Gasteiger partial charge in [0.05, 0.1) is 25.6 Å². The summed E-state index contributed by atoms with van der Waals surface area (Å²) >= 11 is 0. The van der Waals surface area contributed by atoms with E-state index in [-0.39, 0.29) is 5.91 Å². The van der Waals surface area contributed by atoms with Crippen molar-refractivity contribution in [2.45, 2.75) is 6.42 Å². The number of likely N-dealkylation sites (N-methyl/N-ethyl adjacent to an activating group) is 1. The molecule has 134 valence electrons. The molecule has 0 N–H and O–H groups in total. The highest BCUT2D eigenvalue weighted by Gasteiger charge is 2.12. The van der Waals surface area contributed by atoms with Crippen LogP contribution in [0.2, 0.25) is 0 Å². The van der Waals surface area contributed by atoms with Gasteiger partial charge in [0.25, 0.3) is 0 Å². The van der Waals surface area contributed by atoms with E-state index in [2.05, 4.69) is 4.98 Å². The summed E-state index contributed by atoms with van der Waals surface area (Å²) in [6.45, 7) is 0.950. The number of ether oxygens (including phenoxy) is 2. The molecule has 0 atom stereocenters. The summed E-state index contributed by atoms with van der Waals surface area (Å²) in [5, 5.41) is 1.04. The van der Waals surface area contributed by atoms with Crippen LogP contribution in [0, 0.1) is 0 Å². The first kappa shape index (κ1) is 17.7. The van der Waals surface area contributed by atoms with Crippen LogP contribution >= 0.6 is 0 Å². The molecule has 0 unspecified atom stereocenters. The van der Waals surface area contributed by atoms with Crippen LogP contribution in [0.25, 0.3) is 10.9 Å². The van der Waals surface area contributed by atoms with E-state index in [4.69, 9.17) is 9.47 Å². The number of fused-ring (bicyclic) bond motifs is 1. The lowest BCUT2D eigenvalue weighted by atomic mass is 10.1. The van der Waals surface area contributed by atoms with Gasteiger partial charge >= 0.3 is 0 Å². The van der Waals surface area contributed by atoms with Crippen molar-refractivity contribution in [2.75, 3.05) is 27.3 Å². The van der Waals surface area contributed by atoms with E-state index >= 15 is 0 Å². The highest BCUT2D eigenvalue weighted by Crippen LogP contribution is 2.18. The molecular weight excluding hydrogens is 328 g/mol. The number of carbonyl (C=O) groups is 1. The Bertz CT molecular complexity index is 873. The van der Waals surface area contributed by atoms with Gasteiger partial charge in [-0.1, -0.05) is 24.3 Å². The van der Waals surface area contributed by atoms with Gasteiger partial charge in [0, 0.05) is 18.6 Å². The van der Waals surface area contributed by atoms with Crippen LogP contribution < -0.4 is 9.47 Å². The van der Waals surface area contributed by atoms with Crippen LogP contribution in [-0.4, -0.2) is 43.1 Å². The molecule has 0 saturated carbocycles. The van der Waals surface area contributed by atoms with Gasteiger partial charge < -0.3 is 14.4 Å². The van der Waals surface area contributed by atoms with E-state index in [1.807, 2.05) is 54.6 Å². The minimum Gasteiger partial charge on any atom is -0.497 e. The van der Waals surface area contributed by atoms with Crippen molar-refractivity contribution < 1.29 is 14.3 Å². The molecule has 0 aliphatic carbocycles. The number of pyridine rings is 1. The Morgan fingerprint density at radius 1 is 1.04 bits per heavy atom. The summed E-state index contributed by atoms with van der Waals surface area (Å²) in [7, 11) is 3.42. The zero-order valence-electron chi connectivity index (χ0n) is 15.0. The molecule has 0 aliphatic rings. The summed E-state index contributed by atoms with van der Waals surface area (Å²) in [6, 6.07) is 17.2. The van der Waals surface area contributed by atoms with Crippen molar-refractivity contribution in [1.82, 2.24) is 9.88 Å². The van der Waals surface area contributed by atoms with Crippen LogP contribution in [0.3, 0.4) is 0 Å². The van der Waals surface area contributed by atoms with Gasteiger partial charge in [-0.2, -0.15) is 0 Å². The number of methoxy groups -OCH3 is 1. The first-order chi connectivity index (χ1) is 12.7. The molecule has 0 fully saturated rings. The number of para-hydroxylation sites is 1. The molecule has 1 amide bonds. The number of carbonyl (C=O) groups excluding carboxylic acids is 1. The van der Waals surface area contributed by atoms with Gasteiger partial charge in [0.1, 0.15) is 18.1 Å². The Morgan fingerprint density at radius 2 is 1.77 bits per heavy atom. The molecule has 3 aromatic rings. The second kappa shape index (κ2) is 8.34. The molecule has 3 rings (SSSR count). The highest BCUT2D eigenvalue weighted by atomic mass is 16.5. The Morgan fingerprint density at radius 3 is 2.54 bits per heavy atom. The first-order valence-corrected chi connectivity index (χ1v) is 8.51. The van der Waals surface area contributed by atoms with E-state index < -0.39 is 0 Å². The fourth-order valence-electron chi connectivity index (χ4n) is 2.71. The molecule has 1 aromatic heterocycles. The average molecular weight is 350 g/mol. The summed E-state index contributed by atoms with van der Waals surface area (Å²) in [5.41, 5.74) is 1.82. The van der Waals surface area contributed by atoms with Gasteiger partial charge in [0.15, 0.2) is 0 Å². The van der Waals surface area contributed by atoms with E-state index in [1.54, 1.807) is 25.3 Å². The molecule has 0 spiro atoms. The first-order valence-electron chi connectivity index (χ1n) is 8.51. The number of amides is 1. The molecule has 2 aromatic carbocycles. The zero-order chi connectivity index (χ0) is 18.4. The van der Waals surface area contributed by atoms with E-state index in [0.29, 0.717) is 19.6 Å². The maximum atomic E-state index is 12.5. The molecule has 1 heterocycles. The fourth-order valence-corrected chi connectivity index (χ4v) is 2.71. The highest BCUT2D eigenvalue weighted by molar-refractivity contribution is 5.87. The molecule has 0 radical (unpaired) electrons. The number of hydrogen-bond acceptors (Lipinski definition) is 4. The van der Waals surface area contributed by atoms with Crippen molar-refractivity contribution >= 4 is 16.8 Å². The summed E-state index contributed by atoms with van der Waals surface area (Å²) < 4.78 is 10.8. The van der Waals surface area contributed by atoms with Crippen molar-refractivity contribution in [1.29, 1.82) is 0 Å². The number of benzene rings is 2. The van der Waals surface area contributed by atoms with E-state index in [0.717, 1.165) is 28.0 Å². The van der Waals surface area contributed by atoms with E-state index in [1.165, 1.54) is 0 Å². The largest absolute Gasteiger partial charge is 0.497 e. The second-order valence-corrected chi connectivity index (χ2v) is 6.01. The summed E-state index contributed by atoms with van der Waals surface area (Å²) in [6.07, 6.45) is 2.08. The van der Waals surface area contributed by atoms with Gasteiger partial charge in [-0.15, -0.1) is 0 Å². The standard InChI is InChI=1S/C21H22N2O3/c1-23(13-14-26-19-10-8-18(25-2)9-11-19)20(24)15-17-6-3-5-16-7-4-12-22-21(16)17/h3-12H,13-15H2,1-2H3. The Labute approximate surface area is 153 Å². The predicted molar refractivity (Wildman–Crippen MR) is 102 cm³/mol. The smallest absolute Gasteiger partial charge is 0.226 e. The van der Waals surface area contributed by atoms with Crippen LogP contribution in [0.5, 0.6) is 11.5 Å². The molecule has 0 bridgehead atoms. The zero-order valence-corrected chi connectivity index (χ0v) is 15.0. The van der Waals surface area contributed by atoms with Crippen molar-refractivity contribution in [3.05, 3.63) is 66.4 Å². The molecule has 0 aliphatic heterocycles. The molecule has 0 saturated heterocycles. The fraction of sp³-hybridized carbons (Fsp3) is 0.238. The molecule has 26 heavy (non-hydrogen) atoms. The van der Waals surface area contributed by atoms with Crippen LogP contribution in [0.15, 0.2) is 60.8 Å². The van der Waals surface area contributed by atoms with Gasteiger partial charge in [0.2, 0.25) is 5.91 Å². The lowest BCUT2D eigenvalue weighted by Gasteiger charge is -2.18. The Balaban J connectivity index is 1.54. The predicted octanol–water partition coefficient (Wildman–Crippen LogP) is 3.32. The average Bonchev–Trinajstić information content (AvgIpc) is 2.68. The Hall–Kier alpha value is -3.08.